The van der Waals surface area contributed by atoms with E-state index in [-0.39, 0.29) is 5.75 Å². The molecule has 4 nitrogen and oxygen atoms in total. The summed E-state index contributed by atoms with van der Waals surface area (Å²) in [7, 11) is 0. The van der Waals surface area contributed by atoms with Crippen molar-refractivity contribution >= 4 is 18.0 Å². The van der Waals surface area contributed by atoms with Crippen LogP contribution in [0.3, 0.4) is 0 Å². The van der Waals surface area contributed by atoms with E-state index in [1.165, 1.54) is 0 Å². The molecule has 0 amide bonds. The molecule has 0 saturated carbocycles. The summed E-state index contributed by atoms with van der Waals surface area (Å²) in [5.74, 6) is -0.761. The van der Waals surface area contributed by atoms with Gasteiger partial charge < -0.3 is 15.0 Å². The van der Waals surface area contributed by atoms with E-state index in [1.54, 1.807) is 6.08 Å². The third-order valence-corrected chi connectivity index (χ3v) is 1.63. The second-order valence-corrected chi connectivity index (χ2v) is 2.61. The fourth-order valence-corrected chi connectivity index (χ4v) is 0.867. The van der Waals surface area contributed by atoms with E-state index in [4.69, 9.17) is 15.0 Å². The Morgan fingerprint density at radius 1 is 1.91 bits per heavy atom. The zero-order valence-electron chi connectivity index (χ0n) is 6.03. The van der Waals surface area contributed by atoms with Crippen LogP contribution in [0.2, 0.25) is 0 Å². The van der Waals surface area contributed by atoms with E-state index in [0.717, 1.165) is 12.0 Å². The van der Waals surface area contributed by atoms with Gasteiger partial charge in [0.05, 0.1) is 6.61 Å². The predicted molar refractivity (Wildman–Crippen MR) is 44.2 cm³/mol. The molecule has 0 aromatic carbocycles. The molecule has 0 heterocycles. The van der Waals surface area contributed by atoms with Crippen molar-refractivity contribution in [2.24, 2.45) is 5.73 Å². The minimum absolute atomic E-state index is 0.253. The number of carboxylic acids is 1. The van der Waals surface area contributed by atoms with E-state index in [9.17, 15) is 4.79 Å². The summed E-state index contributed by atoms with van der Waals surface area (Å²) in [6, 6.07) is -0.857. The highest BCUT2D eigenvalue weighted by molar-refractivity contribution is 7.94. The number of rotatable bonds is 6. The van der Waals surface area contributed by atoms with Gasteiger partial charge in [-0.05, 0) is 12.0 Å². The molecule has 0 spiro atoms. The molecular weight excluding hydrogens is 166 g/mol. The van der Waals surface area contributed by atoms with E-state index < -0.39 is 12.0 Å². The molecule has 0 saturated heterocycles. The van der Waals surface area contributed by atoms with Crippen molar-refractivity contribution in [2.45, 2.75) is 6.04 Å². The topological polar surface area (TPSA) is 72.5 Å². The van der Waals surface area contributed by atoms with Gasteiger partial charge in [0.15, 0.2) is 0 Å². The zero-order valence-corrected chi connectivity index (χ0v) is 6.84. The predicted octanol–water partition coefficient (Wildman–Crippen LogP) is 0.249. The van der Waals surface area contributed by atoms with Gasteiger partial charge in [0.1, 0.15) is 6.04 Å². The lowest BCUT2D eigenvalue weighted by molar-refractivity contribution is -0.137. The Bertz CT molecular complexity index is 140. The summed E-state index contributed by atoms with van der Waals surface area (Å²) in [4.78, 5) is 10.1. The van der Waals surface area contributed by atoms with Crippen LogP contribution < -0.4 is 5.73 Å². The molecule has 64 valence electrons. The normalized spacial score (nSPS) is 12.5. The molecule has 0 rings (SSSR count). The average molecular weight is 177 g/mol. The van der Waals surface area contributed by atoms with Crippen LogP contribution in [0.25, 0.3) is 0 Å². The van der Waals surface area contributed by atoms with Crippen molar-refractivity contribution in [3.05, 3.63) is 12.7 Å². The summed E-state index contributed by atoms with van der Waals surface area (Å²) in [5, 5.41) is 8.32. The summed E-state index contributed by atoms with van der Waals surface area (Å²) < 4.78 is 4.86. The van der Waals surface area contributed by atoms with Gasteiger partial charge in [-0.3, -0.25) is 4.79 Å². The molecule has 1 atom stereocenters. The lowest BCUT2D eigenvalue weighted by atomic mass is 10.4. The molecule has 0 unspecified atom stereocenters. The maximum atomic E-state index is 10.1. The summed E-state index contributed by atoms with van der Waals surface area (Å²) >= 11 is 1.04. The van der Waals surface area contributed by atoms with E-state index in [2.05, 4.69) is 6.58 Å². The fourth-order valence-electron chi connectivity index (χ4n) is 0.289. The van der Waals surface area contributed by atoms with Gasteiger partial charge in [0, 0.05) is 5.75 Å². The molecule has 0 aliphatic carbocycles. The highest BCUT2D eigenvalue weighted by Crippen LogP contribution is 2.03. The van der Waals surface area contributed by atoms with Gasteiger partial charge in [-0.25, -0.2) is 0 Å². The second kappa shape index (κ2) is 6.21. The van der Waals surface area contributed by atoms with Crippen LogP contribution in [0.15, 0.2) is 12.7 Å². The van der Waals surface area contributed by atoms with E-state index in [0.29, 0.717) is 6.61 Å². The first kappa shape index (κ1) is 10.5. The van der Waals surface area contributed by atoms with Crippen LogP contribution in [-0.2, 0) is 8.98 Å². The monoisotopic (exact) mass is 177 g/mol. The highest BCUT2D eigenvalue weighted by Gasteiger charge is 2.10. The Balaban J connectivity index is 3.24. The van der Waals surface area contributed by atoms with Crippen molar-refractivity contribution in [1.29, 1.82) is 0 Å². The van der Waals surface area contributed by atoms with Gasteiger partial charge in [-0.2, -0.15) is 0 Å². The first-order chi connectivity index (χ1) is 5.18. The van der Waals surface area contributed by atoms with Crippen LogP contribution in [0.4, 0.5) is 0 Å². The van der Waals surface area contributed by atoms with Crippen molar-refractivity contribution in [1.82, 2.24) is 0 Å². The Kier molecular flexibility index (Phi) is 5.91. The minimum Gasteiger partial charge on any atom is -0.480 e. The first-order valence-corrected chi connectivity index (χ1v) is 3.93. The molecule has 3 N–H and O–H groups in total. The smallest absolute Gasteiger partial charge is 0.321 e. The number of carbonyl (C=O) groups is 1. The summed E-state index contributed by atoms with van der Waals surface area (Å²) in [6.07, 6.45) is 1.58. The molecule has 11 heavy (non-hydrogen) atoms. The van der Waals surface area contributed by atoms with Gasteiger partial charge in [-0.1, -0.05) is 6.08 Å². The summed E-state index contributed by atoms with van der Waals surface area (Å²) in [6.45, 7) is 3.83. The lowest BCUT2D eigenvalue weighted by Crippen LogP contribution is -2.32. The first-order valence-electron chi connectivity index (χ1n) is 3.02. The quantitative estimate of drug-likeness (QED) is 0.345. The highest BCUT2D eigenvalue weighted by atomic mass is 32.2. The van der Waals surface area contributed by atoms with Crippen LogP contribution in [0.5, 0.6) is 0 Å². The van der Waals surface area contributed by atoms with Gasteiger partial charge in [0.2, 0.25) is 0 Å². The molecule has 0 radical (unpaired) electrons. The number of aliphatic carboxylic acids is 1. The van der Waals surface area contributed by atoms with Crippen LogP contribution >= 0.6 is 12.0 Å². The molecular formula is C6H11NO3S. The number of carboxylic acid groups (broad SMARTS) is 1. The molecule has 0 aromatic rings. The van der Waals surface area contributed by atoms with Gasteiger partial charge in [0.25, 0.3) is 0 Å². The largest absolute Gasteiger partial charge is 0.480 e. The molecule has 0 aromatic heterocycles. The minimum atomic E-state index is -1.01. The Labute approximate surface area is 69.6 Å². The van der Waals surface area contributed by atoms with Crippen molar-refractivity contribution in [2.75, 3.05) is 12.4 Å². The Morgan fingerprint density at radius 2 is 2.55 bits per heavy atom. The van der Waals surface area contributed by atoms with Crippen molar-refractivity contribution in [3.8, 4) is 0 Å². The zero-order chi connectivity index (χ0) is 8.69. The Hall–Kier alpha value is -0.520. The molecule has 0 bridgehead atoms. The van der Waals surface area contributed by atoms with Gasteiger partial charge >= 0.3 is 5.97 Å². The standard InChI is InChI=1S/C6H11NO3S/c1-2-3-10-11-4-5(7)6(8)9/h2,5H,1,3-4,7H2,(H,8,9)/t5-/m0/s1. The number of hydrogen-bond donors (Lipinski definition) is 2. The molecule has 0 aliphatic rings. The average Bonchev–Trinajstić information content (AvgIpc) is 1.97. The van der Waals surface area contributed by atoms with E-state index >= 15 is 0 Å². The van der Waals surface area contributed by atoms with Crippen LogP contribution in [0, 0.1) is 0 Å². The van der Waals surface area contributed by atoms with Crippen LogP contribution in [0.1, 0.15) is 0 Å². The molecule has 5 heteroatoms. The Morgan fingerprint density at radius 3 is 3.00 bits per heavy atom. The van der Waals surface area contributed by atoms with E-state index in [1.807, 2.05) is 0 Å². The van der Waals surface area contributed by atoms with Gasteiger partial charge in [-0.15, -0.1) is 6.58 Å². The lowest BCUT2D eigenvalue weighted by Gasteiger charge is -2.03. The molecule has 0 fully saturated rings. The maximum absolute atomic E-state index is 10.1. The van der Waals surface area contributed by atoms with Crippen molar-refractivity contribution < 1.29 is 14.1 Å². The second-order valence-electron chi connectivity index (χ2n) is 1.80. The SMILES string of the molecule is C=CCOSC[C@H](N)C(=O)O. The maximum Gasteiger partial charge on any atom is 0.321 e. The fraction of sp³-hybridized carbons (Fsp3) is 0.500. The number of hydrogen-bond acceptors (Lipinski definition) is 4. The van der Waals surface area contributed by atoms with Crippen LogP contribution in [-0.4, -0.2) is 29.5 Å². The number of nitrogens with two attached hydrogens (primary N) is 1. The van der Waals surface area contributed by atoms with Crippen molar-refractivity contribution in [3.63, 3.8) is 0 Å². The molecule has 0 aliphatic heterocycles. The third-order valence-electron chi connectivity index (χ3n) is 0.834. The summed E-state index contributed by atoms with van der Waals surface area (Å²) in [5.41, 5.74) is 5.17. The third kappa shape index (κ3) is 5.90.